The van der Waals surface area contributed by atoms with E-state index >= 15 is 0 Å². The summed E-state index contributed by atoms with van der Waals surface area (Å²) in [7, 11) is 0. The van der Waals surface area contributed by atoms with E-state index in [4.69, 9.17) is 4.74 Å². The van der Waals surface area contributed by atoms with Gasteiger partial charge in [0.15, 0.2) is 0 Å². The van der Waals surface area contributed by atoms with Crippen molar-refractivity contribution in [2.45, 2.75) is 51.5 Å². The average molecular weight is 213 g/mol. The molecule has 0 unspecified atom stereocenters. The Labute approximate surface area is 90.4 Å². The van der Waals surface area contributed by atoms with E-state index in [-0.39, 0.29) is 11.9 Å². The standard InChI is InChI=1S/C11H19NO3/c1-2-3-4-5-8-15-11(14)9-6-7-10(13)12-9/h9H,2-8H2,1H3,(H,12,13)/t9-/m0/s1. The molecule has 1 aliphatic rings. The van der Waals surface area contributed by atoms with Crippen LogP contribution in [0.15, 0.2) is 0 Å². The summed E-state index contributed by atoms with van der Waals surface area (Å²) in [5.74, 6) is -0.333. The van der Waals surface area contributed by atoms with Gasteiger partial charge in [0.25, 0.3) is 0 Å². The van der Waals surface area contributed by atoms with Gasteiger partial charge in [0.2, 0.25) is 5.91 Å². The topological polar surface area (TPSA) is 55.4 Å². The third kappa shape index (κ3) is 4.32. The molecule has 1 N–H and O–H groups in total. The predicted molar refractivity (Wildman–Crippen MR) is 56.3 cm³/mol. The molecule has 0 aliphatic carbocycles. The zero-order chi connectivity index (χ0) is 11.1. The predicted octanol–water partition coefficient (Wildman–Crippen LogP) is 1.39. The van der Waals surface area contributed by atoms with Gasteiger partial charge in [0.1, 0.15) is 6.04 Å². The summed E-state index contributed by atoms with van der Waals surface area (Å²) in [5.41, 5.74) is 0. The van der Waals surface area contributed by atoms with Crippen LogP contribution in [0.4, 0.5) is 0 Å². The molecule has 86 valence electrons. The Morgan fingerprint density at radius 2 is 2.27 bits per heavy atom. The number of carbonyl (C=O) groups is 2. The monoisotopic (exact) mass is 213 g/mol. The highest BCUT2D eigenvalue weighted by Gasteiger charge is 2.28. The van der Waals surface area contributed by atoms with E-state index in [9.17, 15) is 9.59 Å². The van der Waals surface area contributed by atoms with Crippen LogP contribution >= 0.6 is 0 Å². The van der Waals surface area contributed by atoms with Gasteiger partial charge in [-0.15, -0.1) is 0 Å². The van der Waals surface area contributed by atoms with Crippen molar-refractivity contribution in [2.24, 2.45) is 0 Å². The van der Waals surface area contributed by atoms with Crippen LogP contribution in [0, 0.1) is 0 Å². The molecule has 4 nitrogen and oxygen atoms in total. The lowest BCUT2D eigenvalue weighted by Crippen LogP contribution is -2.34. The minimum atomic E-state index is -0.399. The number of esters is 1. The number of hydrogen-bond donors (Lipinski definition) is 1. The zero-order valence-electron chi connectivity index (χ0n) is 9.25. The molecular formula is C11H19NO3. The summed E-state index contributed by atoms with van der Waals surface area (Å²) in [6.45, 7) is 2.62. The molecule has 1 fully saturated rings. The maximum absolute atomic E-state index is 11.4. The number of ether oxygens (including phenoxy) is 1. The number of rotatable bonds is 6. The number of carbonyl (C=O) groups excluding carboxylic acids is 2. The molecule has 0 aromatic rings. The lowest BCUT2D eigenvalue weighted by molar-refractivity contribution is -0.146. The average Bonchev–Trinajstić information content (AvgIpc) is 2.64. The number of nitrogens with one attached hydrogen (secondary N) is 1. The minimum absolute atomic E-state index is 0.0528. The number of hydrogen-bond acceptors (Lipinski definition) is 3. The number of amides is 1. The van der Waals surface area contributed by atoms with Gasteiger partial charge in [-0.3, -0.25) is 4.79 Å². The fourth-order valence-electron chi connectivity index (χ4n) is 1.59. The van der Waals surface area contributed by atoms with Gasteiger partial charge in [0.05, 0.1) is 6.61 Å². The molecular weight excluding hydrogens is 194 g/mol. The molecule has 1 atom stereocenters. The molecule has 0 radical (unpaired) electrons. The normalized spacial score (nSPS) is 20.1. The molecule has 0 aromatic carbocycles. The summed E-state index contributed by atoms with van der Waals surface area (Å²) >= 11 is 0. The molecule has 0 spiro atoms. The SMILES string of the molecule is CCCCCCOC(=O)[C@@H]1CCC(=O)N1. The Kier molecular flexibility index (Phi) is 5.15. The maximum Gasteiger partial charge on any atom is 0.328 e. The van der Waals surface area contributed by atoms with E-state index in [1.54, 1.807) is 0 Å². The van der Waals surface area contributed by atoms with Crippen LogP contribution in [0.5, 0.6) is 0 Å². The first-order valence-corrected chi connectivity index (χ1v) is 5.70. The highest BCUT2D eigenvalue weighted by molar-refractivity contribution is 5.87. The third-order valence-electron chi connectivity index (χ3n) is 2.52. The molecule has 0 aromatic heterocycles. The Bertz CT molecular complexity index is 228. The lowest BCUT2D eigenvalue weighted by atomic mass is 10.2. The van der Waals surface area contributed by atoms with Crippen LogP contribution in [0.25, 0.3) is 0 Å². The summed E-state index contributed by atoms with van der Waals surface area (Å²) in [4.78, 5) is 22.2. The highest BCUT2D eigenvalue weighted by Crippen LogP contribution is 2.08. The fraction of sp³-hybridized carbons (Fsp3) is 0.818. The van der Waals surface area contributed by atoms with Gasteiger partial charge in [-0.1, -0.05) is 26.2 Å². The van der Waals surface area contributed by atoms with E-state index in [0.29, 0.717) is 19.4 Å². The fourth-order valence-corrected chi connectivity index (χ4v) is 1.59. The molecule has 1 saturated heterocycles. The Morgan fingerprint density at radius 3 is 2.87 bits per heavy atom. The molecule has 1 rings (SSSR count). The molecule has 0 saturated carbocycles. The van der Waals surface area contributed by atoms with Crippen LogP contribution in [0.3, 0.4) is 0 Å². The molecule has 1 amide bonds. The van der Waals surface area contributed by atoms with Crippen molar-refractivity contribution in [2.75, 3.05) is 6.61 Å². The van der Waals surface area contributed by atoms with E-state index < -0.39 is 6.04 Å². The number of unbranched alkanes of at least 4 members (excludes halogenated alkanes) is 3. The summed E-state index contributed by atoms with van der Waals surface area (Å²) in [6, 6.07) is -0.399. The molecule has 4 heteroatoms. The van der Waals surface area contributed by atoms with Crippen molar-refractivity contribution in [3.8, 4) is 0 Å². The summed E-state index contributed by atoms with van der Waals surface area (Å²) in [5, 5.41) is 2.59. The van der Waals surface area contributed by atoms with Gasteiger partial charge < -0.3 is 10.1 Å². The summed E-state index contributed by atoms with van der Waals surface area (Å²) in [6.07, 6.45) is 5.38. The maximum atomic E-state index is 11.4. The van der Waals surface area contributed by atoms with Gasteiger partial charge in [-0.2, -0.15) is 0 Å². The van der Waals surface area contributed by atoms with E-state index in [2.05, 4.69) is 12.2 Å². The second-order valence-electron chi connectivity index (χ2n) is 3.89. The van der Waals surface area contributed by atoms with Crippen LogP contribution < -0.4 is 5.32 Å². The van der Waals surface area contributed by atoms with Gasteiger partial charge in [0, 0.05) is 6.42 Å². The quantitative estimate of drug-likeness (QED) is 0.536. The lowest BCUT2D eigenvalue weighted by Gasteiger charge is -2.09. The minimum Gasteiger partial charge on any atom is -0.464 e. The second-order valence-corrected chi connectivity index (χ2v) is 3.89. The Morgan fingerprint density at radius 1 is 1.47 bits per heavy atom. The molecule has 1 aliphatic heterocycles. The smallest absolute Gasteiger partial charge is 0.328 e. The first-order chi connectivity index (χ1) is 7.24. The van der Waals surface area contributed by atoms with Crippen molar-refractivity contribution in [1.29, 1.82) is 0 Å². The largest absolute Gasteiger partial charge is 0.464 e. The molecule has 15 heavy (non-hydrogen) atoms. The zero-order valence-corrected chi connectivity index (χ0v) is 9.25. The Hall–Kier alpha value is -1.06. The van der Waals surface area contributed by atoms with E-state index in [1.165, 1.54) is 12.8 Å². The third-order valence-corrected chi connectivity index (χ3v) is 2.52. The van der Waals surface area contributed by atoms with Crippen LogP contribution in [-0.2, 0) is 14.3 Å². The van der Waals surface area contributed by atoms with Crippen LogP contribution in [-0.4, -0.2) is 24.5 Å². The van der Waals surface area contributed by atoms with Crippen molar-refractivity contribution >= 4 is 11.9 Å². The van der Waals surface area contributed by atoms with Crippen molar-refractivity contribution in [3.05, 3.63) is 0 Å². The van der Waals surface area contributed by atoms with Gasteiger partial charge in [-0.25, -0.2) is 4.79 Å². The molecule has 0 bridgehead atoms. The molecule has 1 heterocycles. The van der Waals surface area contributed by atoms with Crippen LogP contribution in [0.2, 0.25) is 0 Å². The van der Waals surface area contributed by atoms with Crippen LogP contribution in [0.1, 0.15) is 45.4 Å². The first-order valence-electron chi connectivity index (χ1n) is 5.70. The summed E-state index contributed by atoms with van der Waals surface area (Å²) < 4.78 is 5.07. The first kappa shape index (κ1) is 12.0. The highest BCUT2D eigenvalue weighted by atomic mass is 16.5. The Balaban J connectivity index is 2.06. The van der Waals surface area contributed by atoms with Gasteiger partial charge in [-0.05, 0) is 12.8 Å². The van der Waals surface area contributed by atoms with Gasteiger partial charge >= 0.3 is 5.97 Å². The van der Waals surface area contributed by atoms with E-state index in [1.807, 2.05) is 0 Å². The van der Waals surface area contributed by atoms with Crippen molar-refractivity contribution in [3.63, 3.8) is 0 Å². The van der Waals surface area contributed by atoms with Crippen molar-refractivity contribution < 1.29 is 14.3 Å². The van der Waals surface area contributed by atoms with E-state index in [0.717, 1.165) is 12.8 Å². The van der Waals surface area contributed by atoms with Crippen molar-refractivity contribution in [1.82, 2.24) is 5.32 Å². The second kappa shape index (κ2) is 6.43.